The predicted molar refractivity (Wildman–Crippen MR) is 78.9 cm³/mol. The number of carbonyl (C=O) groups excluding carboxylic acids is 2. The monoisotopic (exact) mass is 304 g/mol. The minimum atomic E-state index is -1.20. The standard InChI is InChI=1S/C16H17FN2O3/c1-9-12(11-4-2-3-5-14(11)22-9)7-15(20)19-8-10(17)6-13(19)16(18)21/h2-5,10,13H,6-8H2,1H3,(H2,18,21)/t10-,13+/m1/s1. The van der Waals surface area contributed by atoms with Crippen LogP contribution in [0.5, 0.6) is 0 Å². The summed E-state index contributed by atoms with van der Waals surface area (Å²) in [4.78, 5) is 25.1. The Balaban J connectivity index is 1.87. The first-order valence-corrected chi connectivity index (χ1v) is 7.17. The van der Waals surface area contributed by atoms with Crippen LogP contribution in [0.15, 0.2) is 28.7 Å². The molecular formula is C16H17FN2O3. The number of benzene rings is 1. The van der Waals surface area contributed by atoms with Gasteiger partial charge in [0, 0.05) is 17.4 Å². The van der Waals surface area contributed by atoms with E-state index in [1.807, 2.05) is 24.3 Å². The van der Waals surface area contributed by atoms with Gasteiger partial charge in [-0.2, -0.15) is 0 Å². The zero-order valence-electron chi connectivity index (χ0n) is 12.2. The molecule has 1 aromatic heterocycles. The van der Waals surface area contributed by atoms with Crippen LogP contribution in [0.3, 0.4) is 0 Å². The van der Waals surface area contributed by atoms with E-state index in [4.69, 9.17) is 10.2 Å². The van der Waals surface area contributed by atoms with Gasteiger partial charge in [-0.1, -0.05) is 18.2 Å². The van der Waals surface area contributed by atoms with Crippen LogP contribution in [-0.4, -0.2) is 35.5 Å². The molecule has 1 aromatic carbocycles. The fourth-order valence-electron chi connectivity index (χ4n) is 3.02. The lowest BCUT2D eigenvalue weighted by molar-refractivity contribution is -0.136. The molecule has 1 aliphatic heterocycles. The maximum Gasteiger partial charge on any atom is 0.240 e. The number of aryl methyl sites for hydroxylation is 1. The second kappa shape index (κ2) is 5.44. The first-order chi connectivity index (χ1) is 10.5. The van der Waals surface area contributed by atoms with Crippen LogP contribution in [-0.2, 0) is 16.0 Å². The molecule has 2 heterocycles. The first kappa shape index (κ1) is 14.6. The van der Waals surface area contributed by atoms with Gasteiger partial charge in [0.2, 0.25) is 11.8 Å². The Bertz CT molecular complexity index is 740. The van der Waals surface area contributed by atoms with Crippen LogP contribution in [0.4, 0.5) is 4.39 Å². The molecular weight excluding hydrogens is 287 g/mol. The minimum Gasteiger partial charge on any atom is -0.461 e. The van der Waals surface area contributed by atoms with E-state index >= 15 is 0 Å². The third-order valence-electron chi connectivity index (χ3n) is 4.13. The number of carbonyl (C=O) groups is 2. The molecule has 0 bridgehead atoms. The Morgan fingerprint density at radius 1 is 1.41 bits per heavy atom. The number of furan rings is 1. The lowest BCUT2D eigenvalue weighted by Gasteiger charge is -2.21. The summed E-state index contributed by atoms with van der Waals surface area (Å²) >= 11 is 0. The number of fused-ring (bicyclic) bond motifs is 1. The van der Waals surface area contributed by atoms with E-state index in [0.29, 0.717) is 11.3 Å². The van der Waals surface area contributed by atoms with Gasteiger partial charge in [0.25, 0.3) is 0 Å². The summed E-state index contributed by atoms with van der Waals surface area (Å²) in [5.74, 6) is -0.318. The SMILES string of the molecule is Cc1oc2ccccc2c1CC(=O)N1C[C@H](F)C[C@H]1C(N)=O. The van der Waals surface area contributed by atoms with Crippen LogP contribution >= 0.6 is 0 Å². The molecule has 3 rings (SSSR count). The molecule has 0 spiro atoms. The van der Waals surface area contributed by atoms with Crippen molar-refractivity contribution < 1.29 is 18.4 Å². The zero-order valence-corrected chi connectivity index (χ0v) is 12.2. The van der Waals surface area contributed by atoms with Crippen molar-refractivity contribution in [2.75, 3.05) is 6.54 Å². The second-order valence-electron chi connectivity index (χ2n) is 5.61. The molecule has 6 heteroatoms. The number of amides is 2. The summed E-state index contributed by atoms with van der Waals surface area (Å²) in [5, 5.41) is 0.861. The zero-order chi connectivity index (χ0) is 15.9. The highest BCUT2D eigenvalue weighted by molar-refractivity contribution is 5.91. The third-order valence-corrected chi connectivity index (χ3v) is 4.13. The molecule has 1 saturated heterocycles. The summed E-state index contributed by atoms with van der Waals surface area (Å²) in [7, 11) is 0. The van der Waals surface area contributed by atoms with Crippen LogP contribution in [0.1, 0.15) is 17.7 Å². The van der Waals surface area contributed by atoms with E-state index in [1.165, 1.54) is 4.90 Å². The van der Waals surface area contributed by atoms with Gasteiger partial charge in [0.05, 0.1) is 13.0 Å². The highest BCUT2D eigenvalue weighted by Gasteiger charge is 2.38. The highest BCUT2D eigenvalue weighted by atomic mass is 19.1. The molecule has 1 aliphatic rings. The molecule has 0 unspecified atom stereocenters. The number of halogens is 1. The van der Waals surface area contributed by atoms with Crippen molar-refractivity contribution in [2.45, 2.75) is 32.0 Å². The predicted octanol–water partition coefficient (Wildman–Crippen LogP) is 1.71. The number of rotatable bonds is 3. The van der Waals surface area contributed by atoms with Crippen molar-refractivity contribution in [2.24, 2.45) is 5.73 Å². The molecule has 0 radical (unpaired) electrons. The highest BCUT2D eigenvalue weighted by Crippen LogP contribution is 2.27. The fraction of sp³-hybridized carbons (Fsp3) is 0.375. The first-order valence-electron chi connectivity index (χ1n) is 7.17. The van der Waals surface area contributed by atoms with Crippen LogP contribution in [0.25, 0.3) is 11.0 Å². The molecule has 5 nitrogen and oxygen atoms in total. The number of likely N-dealkylation sites (tertiary alicyclic amines) is 1. The van der Waals surface area contributed by atoms with Gasteiger partial charge < -0.3 is 15.1 Å². The van der Waals surface area contributed by atoms with Gasteiger partial charge in [0.1, 0.15) is 23.6 Å². The Hall–Kier alpha value is -2.37. The Morgan fingerprint density at radius 2 is 2.14 bits per heavy atom. The summed E-state index contributed by atoms with van der Waals surface area (Å²) in [5.41, 5.74) is 6.74. The van der Waals surface area contributed by atoms with E-state index in [0.717, 1.165) is 10.9 Å². The maximum atomic E-state index is 13.5. The Kier molecular flexibility index (Phi) is 3.60. The van der Waals surface area contributed by atoms with Crippen LogP contribution in [0, 0.1) is 6.92 Å². The molecule has 2 aromatic rings. The van der Waals surface area contributed by atoms with Crippen molar-refractivity contribution in [1.29, 1.82) is 0 Å². The van der Waals surface area contributed by atoms with Crippen molar-refractivity contribution in [3.63, 3.8) is 0 Å². The normalized spacial score (nSPS) is 21.5. The summed E-state index contributed by atoms with van der Waals surface area (Å²) in [6, 6.07) is 6.57. The molecule has 116 valence electrons. The van der Waals surface area contributed by atoms with Crippen molar-refractivity contribution in [3.8, 4) is 0 Å². The molecule has 2 N–H and O–H groups in total. The average molecular weight is 304 g/mol. The maximum absolute atomic E-state index is 13.5. The quantitative estimate of drug-likeness (QED) is 0.937. The van der Waals surface area contributed by atoms with Gasteiger partial charge in [-0.3, -0.25) is 9.59 Å². The summed E-state index contributed by atoms with van der Waals surface area (Å²) in [6.07, 6.45) is -1.16. The van der Waals surface area contributed by atoms with Gasteiger partial charge in [0.15, 0.2) is 0 Å². The van der Waals surface area contributed by atoms with Crippen molar-refractivity contribution >= 4 is 22.8 Å². The minimum absolute atomic E-state index is 0.0216. The van der Waals surface area contributed by atoms with Crippen molar-refractivity contribution in [1.82, 2.24) is 4.90 Å². The van der Waals surface area contributed by atoms with E-state index < -0.39 is 18.1 Å². The van der Waals surface area contributed by atoms with E-state index in [2.05, 4.69) is 0 Å². The summed E-state index contributed by atoms with van der Waals surface area (Å²) in [6.45, 7) is 1.71. The molecule has 2 amide bonds. The molecule has 0 saturated carbocycles. The number of primary amides is 1. The van der Waals surface area contributed by atoms with E-state index in [9.17, 15) is 14.0 Å². The number of hydrogen-bond acceptors (Lipinski definition) is 3. The van der Waals surface area contributed by atoms with E-state index in [-0.39, 0.29) is 25.3 Å². The largest absolute Gasteiger partial charge is 0.461 e. The van der Waals surface area contributed by atoms with Gasteiger partial charge in [-0.15, -0.1) is 0 Å². The number of para-hydroxylation sites is 1. The topological polar surface area (TPSA) is 76.5 Å². The Morgan fingerprint density at radius 3 is 2.86 bits per heavy atom. The molecule has 22 heavy (non-hydrogen) atoms. The summed E-state index contributed by atoms with van der Waals surface area (Å²) < 4.78 is 19.2. The number of alkyl halides is 1. The lowest BCUT2D eigenvalue weighted by atomic mass is 10.1. The van der Waals surface area contributed by atoms with Gasteiger partial charge in [-0.05, 0) is 13.0 Å². The smallest absolute Gasteiger partial charge is 0.240 e. The third kappa shape index (κ3) is 2.45. The van der Waals surface area contributed by atoms with E-state index in [1.54, 1.807) is 6.92 Å². The fourth-order valence-corrected chi connectivity index (χ4v) is 3.02. The van der Waals surface area contributed by atoms with Crippen LogP contribution < -0.4 is 5.73 Å². The number of nitrogens with two attached hydrogens (primary N) is 1. The van der Waals surface area contributed by atoms with Gasteiger partial charge in [-0.25, -0.2) is 4.39 Å². The second-order valence-corrected chi connectivity index (χ2v) is 5.61. The average Bonchev–Trinajstić information content (AvgIpc) is 3.00. The van der Waals surface area contributed by atoms with Gasteiger partial charge >= 0.3 is 0 Å². The molecule has 0 aliphatic carbocycles. The molecule has 2 atom stereocenters. The number of nitrogens with zero attached hydrogens (tertiary/aromatic N) is 1. The molecule has 1 fully saturated rings. The van der Waals surface area contributed by atoms with Crippen LogP contribution in [0.2, 0.25) is 0 Å². The number of hydrogen-bond donors (Lipinski definition) is 1. The Labute approximate surface area is 126 Å². The lowest BCUT2D eigenvalue weighted by Crippen LogP contribution is -2.44. The van der Waals surface area contributed by atoms with Crippen molar-refractivity contribution in [3.05, 3.63) is 35.6 Å².